The lowest BCUT2D eigenvalue weighted by atomic mass is 9.91. The molecule has 0 aromatic carbocycles. The molecule has 2 aliphatic rings. The SMILES string of the molecule is CC1OCCN(C(C)CC2CCNCC2)C1=O. The Morgan fingerprint density at radius 1 is 1.47 bits per heavy atom. The first-order valence-electron chi connectivity index (χ1n) is 6.81. The fraction of sp³-hybridized carbons (Fsp3) is 0.923. The second-order valence-corrected chi connectivity index (χ2v) is 5.32. The number of amides is 1. The third-order valence-electron chi connectivity index (χ3n) is 4.00. The predicted octanol–water partition coefficient (Wildman–Crippen LogP) is 1.01. The van der Waals surface area contributed by atoms with Crippen LogP contribution >= 0.6 is 0 Å². The summed E-state index contributed by atoms with van der Waals surface area (Å²) in [4.78, 5) is 14.0. The van der Waals surface area contributed by atoms with Crippen molar-refractivity contribution >= 4 is 5.91 Å². The smallest absolute Gasteiger partial charge is 0.251 e. The molecule has 4 nitrogen and oxygen atoms in total. The lowest BCUT2D eigenvalue weighted by Crippen LogP contribution is -2.51. The average molecular weight is 240 g/mol. The third-order valence-corrected chi connectivity index (χ3v) is 4.00. The summed E-state index contributed by atoms with van der Waals surface area (Å²) in [6.45, 7) is 7.73. The number of rotatable bonds is 3. The van der Waals surface area contributed by atoms with E-state index in [1.54, 1.807) is 0 Å². The van der Waals surface area contributed by atoms with Gasteiger partial charge in [-0.05, 0) is 52.1 Å². The lowest BCUT2D eigenvalue weighted by molar-refractivity contribution is -0.154. The minimum absolute atomic E-state index is 0.165. The number of carbonyl (C=O) groups excluding carboxylic acids is 1. The van der Waals surface area contributed by atoms with Crippen molar-refractivity contribution in [2.24, 2.45) is 5.92 Å². The molecule has 0 aromatic rings. The Bertz CT molecular complexity index is 264. The maximum Gasteiger partial charge on any atom is 0.251 e. The van der Waals surface area contributed by atoms with Crippen LogP contribution in [-0.2, 0) is 9.53 Å². The van der Waals surface area contributed by atoms with E-state index < -0.39 is 0 Å². The number of nitrogens with one attached hydrogen (secondary N) is 1. The Balaban J connectivity index is 1.85. The topological polar surface area (TPSA) is 41.6 Å². The molecule has 4 heteroatoms. The zero-order chi connectivity index (χ0) is 12.3. The van der Waals surface area contributed by atoms with Gasteiger partial charge in [0.05, 0.1) is 6.61 Å². The van der Waals surface area contributed by atoms with Gasteiger partial charge in [0.15, 0.2) is 0 Å². The Morgan fingerprint density at radius 2 is 2.18 bits per heavy atom. The molecule has 2 unspecified atom stereocenters. The molecule has 2 fully saturated rings. The van der Waals surface area contributed by atoms with Gasteiger partial charge in [-0.15, -0.1) is 0 Å². The third kappa shape index (κ3) is 3.19. The maximum atomic E-state index is 12.0. The standard InChI is InChI=1S/C13H24N2O2/c1-10(9-12-3-5-14-6-4-12)15-7-8-17-11(2)13(15)16/h10-12,14H,3-9H2,1-2H3. The van der Waals surface area contributed by atoms with Crippen molar-refractivity contribution in [2.45, 2.75) is 45.3 Å². The van der Waals surface area contributed by atoms with Gasteiger partial charge in [-0.25, -0.2) is 0 Å². The molecule has 0 aliphatic carbocycles. The number of piperidine rings is 1. The van der Waals surface area contributed by atoms with Gasteiger partial charge < -0.3 is 15.0 Å². The molecular formula is C13H24N2O2. The van der Waals surface area contributed by atoms with Crippen molar-refractivity contribution in [3.8, 4) is 0 Å². The summed E-state index contributed by atoms with van der Waals surface area (Å²) in [6, 6.07) is 0.358. The monoisotopic (exact) mass is 240 g/mol. The number of ether oxygens (including phenoxy) is 1. The van der Waals surface area contributed by atoms with E-state index in [1.165, 1.54) is 12.8 Å². The van der Waals surface area contributed by atoms with Crippen molar-refractivity contribution in [1.29, 1.82) is 0 Å². The Labute approximate surface area is 104 Å². The molecule has 0 radical (unpaired) electrons. The van der Waals surface area contributed by atoms with E-state index >= 15 is 0 Å². The zero-order valence-electron chi connectivity index (χ0n) is 10.9. The van der Waals surface area contributed by atoms with Gasteiger partial charge in [0, 0.05) is 12.6 Å². The molecule has 0 bridgehead atoms. The second-order valence-electron chi connectivity index (χ2n) is 5.32. The highest BCUT2D eigenvalue weighted by Gasteiger charge is 2.30. The number of carbonyl (C=O) groups is 1. The summed E-state index contributed by atoms with van der Waals surface area (Å²) in [7, 11) is 0. The number of hydrogen-bond acceptors (Lipinski definition) is 3. The molecule has 2 aliphatic heterocycles. The van der Waals surface area contributed by atoms with Gasteiger partial charge >= 0.3 is 0 Å². The number of morpholine rings is 1. The molecule has 2 heterocycles. The first-order valence-corrected chi connectivity index (χ1v) is 6.81. The van der Waals surface area contributed by atoms with Crippen LogP contribution in [-0.4, -0.2) is 49.2 Å². The van der Waals surface area contributed by atoms with Crippen LogP contribution in [0.3, 0.4) is 0 Å². The molecule has 0 aromatic heterocycles. The summed E-state index contributed by atoms with van der Waals surface area (Å²) in [5.74, 6) is 0.940. The molecule has 2 saturated heterocycles. The minimum atomic E-state index is -0.251. The van der Waals surface area contributed by atoms with E-state index in [-0.39, 0.29) is 12.0 Å². The van der Waals surface area contributed by atoms with Crippen molar-refractivity contribution < 1.29 is 9.53 Å². The van der Waals surface area contributed by atoms with Crippen LogP contribution in [0.1, 0.15) is 33.1 Å². The van der Waals surface area contributed by atoms with Gasteiger partial charge in [-0.1, -0.05) is 0 Å². The van der Waals surface area contributed by atoms with Gasteiger partial charge in [0.1, 0.15) is 6.10 Å². The molecule has 1 N–H and O–H groups in total. The van der Waals surface area contributed by atoms with Gasteiger partial charge in [0.25, 0.3) is 5.91 Å². The van der Waals surface area contributed by atoms with Crippen LogP contribution < -0.4 is 5.32 Å². The summed E-state index contributed by atoms with van der Waals surface area (Å²) >= 11 is 0. The Kier molecular flexibility index (Phi) is 4.40. The molecule has 17 heavy (non-hydrogen) atoms. The first kappa shape index (κ1) is 12.8. The van der Waals surface area contributed by atoms with E-state index in [4.69, 9.17) is 4.74 Å². The van der Waals surface area contributed by atoms with E-state index in [1.807, 2.05) is 11.8 Å². The van der Waals surface area contributed by atoms with Crippen molar-refractivity contribution in [3.05, 3.63) is 0 Å². The molecule has 2 rings (SSSR count). The molecular weight excluding hydrogens is 216 g/mol. The van der Waals surface area contributed by atoms with Crippen molar-refractivity contribution in [1.82, 2.24) is 10.2 Å². The largest absolute Gasteiger partial charge is 0.367 e. The fourth-order valence-electron chi connectivity index (χ4n) is 2.91. The van der Waals surface area contributed by atoms with Gasteiger partial charge in [0.2, 0.25) is 0 Å². The normalized spacial score (nSPS) is 29.4. The summed E-state index contributed by atoms with van der Waals surface area (Å²) in [6.07, 6.45) is 3.39. The highest BCUT2D eigenvalue weighted by atomic mass is 16.5. The van der Waals surface area contributed by atoms with Crippen LogP contribution in [0.4, 0.5) is 0 Å². The zero-order valence-corrected chi connectivity index (χ0v) is 10.9. The summed E-state index contributed by atoms with van der Waals surface area (Å²) in [5.41, 5.74) is 0. The predicted molar refractivity (Wildman–Crippen MR) is 66.8 cm³/mol. The number of hydrogen-bond donors (Lipinski definition) is 1. The van der Waals surface area contributed by atoms with E-state index in [0.717, 1.165) is 32.0 Å². The summed E-state index contributed by atoms with van der Waals surface area (Å²) in [5, 5.41) is 3.38. The van der Waals surface area contributed by atoms with Gasteiger partial charge in [-0.3, -0.25) is 4.79 Å². The maximum absolute atomic E-state index is 12.0. The van der Waals surface area contributed by atoms with Crippen molar-refractivity contribution in [2.75, 3.05) is 26.2 Å². The highest BCUT2D eigenvalue weighted by Crippen LogP contribution is 2.22. The van der Waals surface area contributed by atoms with Crippen LogP contribution in [0.15, 0.2) is 0 Å². The quantitative estimate of drug-likeness (QED) is 0.800. The molecule has 1 amide bonds. The highest BCUT2D eigenvalue weighted by molar-refractivity contribution is 5.81. The molecule has 2 atom stereocenters. The van der Waals surface area contributed by atoms with Crippen molar-refractivity contribution in [3.63, 3.8) is 0 Å². The van der Waals surface area contributed by atoms with Crippen LogP contribution in [0, 0.1) is 5.92 Å². The van der Waals surface area contributed by atoms with E-state index in [0.29, 0.717) is 12.6 Å². The first-order chi connectivity index (χ1) is 8.18. The Hall–Kier alpha value is -0.610. The lowest BCUT2D eigenvalue weighted by Gasteiger charge is -2.37. The Morgan fingerprint density at radius 3 is 2.88 bits per heavy atom. The number of nitrogens with zero attached hydrogens (tertiary/aromatic N) is 1. The van der Waals surface area contributed by atoms with Crippen LogP contribution in [0.5, 0.6) is 0 Å². The molecule has 0 saturated carbocycles. The average Bonchev–Trinajstić information content (AvgIpc) is 2.34. The van der Waals surface area contributed by atoms with Gasteiger partial charge in [-0.2, -0.15) is 0 Å². The minimum Gasteiger partial charge on any atom is -0.367 e. The molecule has 0 spiro atoms. The van der Waals surface area contributed by atoms with E-state index in [9.17, 15) is 4.79 Å². The van der Waals surface area contributed by atoms with Crippen LogP contribution in [0.2, 0.25) is 0 Å². The fourth-order valence-corrected chi connectivity index (χ4v) is 2.91. The molecule has 98 valence electrons. The van der Waals surface area contributed by atoms with E-state index in [2.05, 4.69) is 12.2 Å². The second kappa shape index (κ2) is 5.83. The summed E-state index contributed by atoms with van der Waals surface area (Å²) < 4.78 is 5.36. The van der Waals surface area contributed by atoms with Crippen LogP contribution in [0.25, 0.3) is 0 Å².